The maximum Gasteiger partial charge on any atom is 0.337 e. The molecule has 2 aromatic rings. The van der Waals surface area contributed by atoms with E-state index in [-0.39, 0.29) is 18.9 Å². The minimum atomic E-state index is -1.96. The molecule has 0 spiro atoms. The maximum absolute atomic E-state index is 11.8. The van der Waals surface area contributed by atoms with E-state index in [0.717, 1.165) is 23.4 Å². The molecule has 3 N–H and O–H groups in total. The van der Waals surface area contributed by atoms with Crippen LogP contribution in [0.5, 0.6) is 0 Å². The smallest absolute Gasteiger partial charge is 0.337 e. The maximum atomic E-state index is 11.8. The molecule has 0 fully saturated rings. The number of amides is 1. The number of hydrogen-bond donors (Lipinski definition) is 3. The molecule has 1 atom stereocenters. The van der Waals surface area contributed by atoms with Crippen molar-refractivity contribution in [3.05, 3.63) is 42.1 Å². The van der Waals surface area contributed by atoms with Crippen LogP contribution in [0.15, 0.2) is 36.5 Å². The molecule has 1 heterocycles. The molecule has 1 unspecified atom stereocenters. The van der Waals surface area contributed by atoms with E-state index < -0.39 is 11.6 Å². The van der Waals surface area contributed by atoms with Gasteiger partial charge in [-0.1, -0.05) is 18.2 Å². The summed E-state index contributed by atoms with van der Waals surface area (Å²) >= 11 is 0. The van der Waals surface area contributed by atoms with Gasteiger partial charge >= 0.3 is 5.97 Å². The summed E-state index contributed by atoms with van der Waals surface area (Å²) in [6.45, 7) is 0.824. The van der Waals surface area contributed by atoms with Crippen molar-refractivity contribution >= 4 is 22.8 Å². The number of aliphatic hydroxyl groups is 1. The number of aryl methyl sites for hydroxylation is 1. The van der Waals surface area contributed by atoms with Gasteiger partial charge in [0.05, 0.1) is 12.1 Å². The highest BCUT2D eigenvalue weighted by Crippen LogP contribution is 2.17. The normalized spacial score (nSPS) is 13.5. The van der Waals surface area contributed by atoms with Gasteiger partial charge in [-0.25, -0.2) is 4.79 Å². The van der Waals surface area contributed by atoms with Gasteiger partial charge in [0.2, 0.25) is 5.91 Å². The van der Waals surface area contributed by atoms with E-state index in [4.69, 9.17) is 5.11 Å². The van der Waals surface area contributed by atoms with Gasteiger partial charge < -0.3 is 15.5 Å². The van der Waals surface area contributed by atoms with Crippen LogP contribution in [-0.2, 0) is 16.0 Å². The lowest BCUT2D eigenvalue weighted by atomic mass is 10.0. The first-order chi connectivity index (χ1) is 10.4. The van der Waals surface area contributed by atoms with E-state index in [1.54, 1.807) is 6.20 Å². The molecule has 0 aliphatic rings. The highest BCUT2D eigenvalue weighted by Gasteiger charge is 2.30. The number of fused-ring (bicyclic) bond motifs is 1. The van der Waals surface area contributed by atoms with E-state index in [1.165, 1.54) is 0 Å². The average Bonchev–Trinajstić information content (AvgIpc) is 2.50. The summed E-state index contributed by atoms with van der Waals surface area (Å²) in [5, 5.41) is 21.7. The Morgan fingerprint density at radius 1 is 1.27 bits per heavy atom. The second kappa shape index (κ2) is 6.53. The summed E-state index contributed by atoms with van der Waals surface area (Å²) in [5.41, 5.74) is -0.0843. The second-order valence-corrected chi connectivity index (χ2v) is 5.34. The predicted octanol–water partition coefficient (Wildman–Crippen LogP) is 1.12. The third kappa shape index (κ3) is 3.79. The topological polar surface area (TPSA) is 99.5 Å². The number of para-hydroxylation sites is 1. The van der Waals surface area contributed by atoms with Crippen LogP contribution in [0.25, 0.3) is 10.9 Å². The van der Waals surface area contributed by atoms with Crippen LogP contribution in [0.3, 0.4) is 0 Å². The first-order valence-electron chi connectivity index (χ1n) is 6.95. The van der Waals surface area contributed by atoms with Gasteiger partial charge in [-0.2, -0.15) is 0 Å². The van der Waals surface area contributed by atoms with E-state index in [1.807, 2.05) is 30.3 Å². The van der Waals surface area contributed by atoms with Crippen LogP contribution in [0.1, 0.15) is 18.9 Å². The largest absolute Gasteiger partial charge is 0.479 e. The molecule has 0 radical (unpaired) electrons. The third-order valence-corrected chi connectivity index (χ3v) is 3.45. The zero-order valence-corrected chi connectivity index (χ0v) is 12.2. The molecule has 0 bridgehead atoms. The average molecular weight is 302 g/mol. The number of aromatic nitrogens is 1. The van der Waals surface area contributed by atoms with Crippen LogP contribution >= 0.6 is 0 Å². The van der Waals surface area contributed by atoms with Gasteiger partial charge in [-0.15, -0.1) is 0 Å². The van der Waals surface area contributed by atoms with Gasteiger partial charge in [-0.3, -0.25) is 9.78 Å². The molecule has 1 amide bonds. The molecule has 1 aromatic heterocycles. The van der Waals surface area contributed by atoms with Crippen LogP contribution in [0.2, 0.25) is 0 Å². The molecular weight excluding hydrogens is 284 g/mol. The fourth-order valence-electron chi connectivity index (χ4n) is 2.06. The van der Waals surface area contributed by atoms with Crippen LogP contribution in [0.4, 0.5) is 0 Å². The van der Waals surface area contributed by atoms with Crippen molar-refractivity contribution in [1.82, 2.24) is 10.3 Å². The first-order valence-corrected chi connectivity index (χ1v) is 6.95. The van der Waals surface area contributed by atoms with E-state index in [2.05, 4.69) is 10.3 Å². The van der Waals surface area contributed by atoms with Crippen molar-refractivity contribution < 1.29 is 19.8 Å². The van der Waals surface area contributed by atoms with Crippen molar-refractivity contribution in [2.45, 2.75) is 25.4 Å². The summed E-state index contributed by atoms with van der Waals surface area (Å²) in [4.78, 5) is 26.8. The quantitative estimate of drug-likeness (QED) is 0.742. The summed E-state index contributed by atoms with van der Waals surface area (Å²) in [6.07, 6.45) is 2.43. The third-order valence-electron chi connectivity index (χ3n) is 3.45. The monoisotopic (exact) mass is 302 g/mol. The Hall–Kier alpha value is -2.47. The zero-order chi connectivity index (χ0) is 16.2. The second-order valence-electron chi connectivity index (χ2n) is 5.34. The van der Waals surface area contributed by atoms with E-state index in [9.17, 15) is 14.7 Å². The van der Waals surface area contributed by atoms with E-state index in [0.29, 0.717) is 6.42 Å². The Balaban J connectivity index is 1.95. The fraction of sp³-hybridized carbons (Fsp3) is 0.312. The summed E-state index contributed by atoms with van der Waals surface area (Å²) < 4.78 is 0. The number of hydrogen-bond acceptors (Lipinski definition) is 4. The first kappa shape index (κ1) is 15.9. The van der Waals surface area contributed by atoms with Crippen molar-refractivity contribution in [2.75, 3.05) is 6.54 Å². The Labute approximate surface area is 127 Å². The van der Waals surface area contributed by atoms with Crippen molar-refractivity contribution in [3.8, 4) is 0 Å². The lowest BCUT2D eigenvalue weighted by molar-refractivity contribution is -0.156. The van der Waals surface area contributed by atoms with Crippen LogP contribution in [0, 0.1) is 0 Å². The molecule has 22 heavy (non-hydrogen) atoms. The van der Waals surface area contributed by atoms with Gasteiger partial charge in [0.1, 0.15) is 0 Å². The number of rotatable bonds is 6. The minimum absolute atomic E-state index is 0.212. The number of carbonyl (C=O) groups excluding carboxylic acids is 1. The van der Waals surface area contributed by atoms with Gasteiger partial charge in [0.25, 0.3) is 0 Å². The molecule has 0 saturated heterocycles. The van der Waals surface area contributed by atoms with Gasteiger partial charge in [-0.05, 0) is 31.0 Å². The van der Waals surface area contributed by atoms with Crippen molar-refractivity contribution in [1.29, 1.82) is 0 Å². The van der Waals surface area contributed by atoms with Gasteiger partial charge in [0, 0.05) is 18.0 Å². The summed E-state index contributed by atoms with van der Waals surface area (Å²) in [7, 11) is 0. The predicted molar refractivity (Wildman–Crippen MR) is 81.3 cm³/mol. The fourth-order valence-corrected chi connectivity index (χ4v) is 2.06. The van der Waals surface area contributed by atoms with Gasteiger partial charge in [0.15, 0.2) is 5.60 Å². The zero-order valence-electron chi connectivity index (χ0n) is 12.2. The number of carboxylic acids is 1. The molecule has 6 nitrogen and oxygen atoms in total. The molecule has 1 aromatic carbocycles. The summed E-state index contributed by atoms with van der Waals surface area (Å²) in [6, 6.07) is 9.54. The van der Waals surface area contributed by atoms with Crippen LogP contribution < -0.4 is 5.32 Å². The molecule has 0 aliphatic carbocycles. The SMILES string of the molecule is CC(O)(CNC(=O)CCc1ccnc2ccccc12)C(=O)O. The summed E-state index contributed by atoms with van der Waals surface area (Å²) in [5.74, 6) is -1.67. The number of nitrogens with zero attached hydrogens (tertiary/aromatic N) is 1. The molecule has 116 valence electrons. The molecule has 2 rings (SSSR count). The number of nitrogens with one attached hydrogen (secondary N) is 1. The van der Waals surface area contributed by atoms with Crippen LogP contribution in [-0.4, -0.2) is 39.2 Å². The highest BCUT2D eigenvalue weighted by molar-refractivity contribution is 5.83. The lowest BCUT2D eigenvalue weighted by Gasteiger charge is -2.18. The Morgan fingerprint density at radius 3 is 2.73 bits per heavy atom. The van der Waals surface area contributed by atoms with E-state index >= 15 is 0 Å². The molecular formula is C16H18N2O4. The van der Waals surface area contributed by atoms with Crippen molar-refractivity contribution in [3.63, 3.8) is 0 Å². The lowest BCUT2D eigenvalue weighted by Crippen LogP contribution is -2.46. The number of carbonyl (C=O) groups is 2. The minimum Gasteiger partial charge on any atom is -0.479 e. The standard InChI is InChI=1S/C16H18N2O4/c1-16(22,15(20)21)10-18-14(19)7-6-11-8-9-17-13-5-3-2-4-12(11)13/h2-5,8-9,22H,6-7,10H2,1H3,(H,18,19)(H,20,21). The molecule has 0 aliphatic heterocycles. The number of aliphatic carboxylic acids is 1. The highest BCUT2D eigenvalue weighted by atomic mass is 16.4. The Bertz CT molecular complexity index is 692. The molecule has 0 saturated carbocycles. The number of pyridine rings is 1. The number of benzene rings is 1. The number of carboxylic acid groups (broad SMARTS) is 1. The Kier molecular flexibility index (Phi) is 4.72. The Morgan fingerprint density at radius 2 is 2.00 bits per heavy atom. The van der Waals surface area contributed by atoms with Crippen molar-refractivity contribution in [2.24, 2.45) is 0 Å². The molecule has 6 heteroatoms.